The van der Waals surface area contributed by atoms with Crippen molar-refractivity contribution in [3.63, 3.8) is 0 Å². The molecule has 2 aromatic rings. The van der Waals surface area contributed by atoms with E-state index < -0.39 is 10.0 Å². The third-order valence-electron chi connectivity index (χ3n) is 2.51. The molecule has 0 bridgehead atoms. The predicted octanol–water partition coefficient (Wildman–Crippen LogP) is 2.20. The Morgan fingerprint density at radius 1 is 1.26 bits per heavy atom. The van der Waals surface area contributed by atoms with Crippen LogP contribution < -0.4 is 10.5 Å². The molecule has 3 N–H and O–H groups in total. The predicted molar refractivity (Wildman–Crippen MR) is 75.2 cm³/mol. The van der Waals surface area contributed by atoms with E-state index in [1.54, 1.807) is 24.3 Å². The summed E-state index contributed by atoms with van der Waals surface area (Å²) in [4.78, 5) is 0.0829. The topological polar surface area (TPSA) is 72.2 Å². The minimum atomic E-state index is -3.62. The fraction of sp³-hybridized carbons (Fsp3) is 0.0769. The minimum absolute atomic E-state index is 0.0829. The lowest BCUT2D eigenvalue weighted by molar-refractivity contribution is 0.581. The van der Waals surface area contributed by atoms with Crippen molar-refractivity contribution in [2.24, 2.45) is 0 Å². The van der Waals surface area contributed by atoms with Crippen LogP contribution in [0.3, 0.4) is 0 Å². The third kappa shape index (κ3) is 3.47. The van der Waals surface area contributed by atoms with Gasteiger partial charge in [0.2, 0.25) is 10.0 Å². The summed E-state index contributed by atoms with van der Waals surface area (Å²) in [6.07, 6.45) is 0. The van der Waals surface area contributed by atoms with Gasteiger partial charge in [-0.15, -0.1) is 0 Å². The van der Waals surface area contributed by atoms with Crippen LogP contribution in [0.2, 0.25) is 5.02 Å². The Balaban J connectivity index is 2.17. The van der Waals surface area contributed by atoms with Crippen LogP contribution in [0.5, 0.6) is 0 Å². The van der Waals surface area contributed by atoms with E-state index in [0.29, 0.717) is 16.3 Å². The van der Waals surface area contributed by atoms with Crippen molar-refractivity contribution in [2.75, 3.05) is 5.73 Å². The smallest absolute Gasteiger partial charge is 0.240 e. The number of hydrogen-bond acceptors (Lipinski definition) is 3. The van der Waals surface area contributed by atoms with Gasteiger partial charge in [0, 0.05) is 17.3 Å². The lowest BCUT2D eigenvalue weighted by Gasteiger charge is -2.08. The molecule has 2 rings (SSSR count). The summed E-state index contributed by atoms with van der Waals surface area (Å²) in [6, 6.07) is 14.0. The van der Waals surface area contributed by atoms with Gasteiger partial charge < -0.3 is 5.73 Å². The van der Waals surface area contributed by atoms with Gasteiger partial charge in [-0.25, -0.2) is 13.1 Å². The highest BCUT2D eigenvalue weighted by Crippen LogP contribution is 2.16. The Morgan fingerprint density at radius 3 is 2.68 bits per heavy atom. The zero-order valence-electron chi connectivity index (χ0n) is 9.93. The van der Waals surface area contributed by atoms with Crippen molar-refractivity contribution in [1.29, 1.82) is 0 Å². The maximum absolute atomic E-state index is 12.0. The highest BCUT2D eigenvalue weighted by Gasteiger charge is 2.14. The van der Waals surface area contributed by atoms with Gasteiger partial charge in [0.1, 0.15) is 0 Å². The van der Waals surface area contributed by atoms with Gasteiger partial charge in [-0.3, -0.25) is 0 Å². The summed E-state index contributed by atoms with van der Waals surface area (Å²) in [6.45, 7) is 0.122. The van der Waals surface area contributed by atoms with E-state index in [9.17, 15) is 8.42 Å². The van der Waals surface area contributed by atoms with Crippen molar-refractivity contribution in [3.8, 4) is 0 Å². The van der Waals surface area contributed by atoms with Gasteiger partial charge in [-0.05, 0) is 35.9 Å². The van der Waals surface area contributed by atoms with E-state index in [4.69, 9.17) is 17.3 Å². The second kappa shape index (κ2) is 5.61. The standard InChI is InChI=1S/C13H12ClN2O2S/c14-13-7-2-1-4-10(13)9-16-19(17,18)12-6-3-5-11(15)8-12/h1-2,4-8,16H,9,15H2. The molecule has 0 aliphatic heterocycles. The molecule has 0 heterocycles. The van der Waals surface area contributed by atoms with Crippen molar-refractivity contribution < 1.29 is 8.42 Å². The fourth-order valence-electron chi connectivity index (χ4n) is 1.52. The number of rotatable bonds is 4. The average molecular weight is 296 g/mol. The van der Waals surface area contributed by atoms with Crippen LogP contribution in [0.4, 0.5) is 5.69 Å². The first-order chi connectivity index (χ1) is 8.99. The molecule has 0 unspecified atom stereocenters. The number of sulfonamides is 1. The van der Waals surface area contributed by atoms with E-state index in [2.05, 4.69) is 10.8 Å². The van der Waals surface area contributed by atoms with Crippen molar-refractivity contribution in [3.05, 3.63) is 59.1 Å². The highest BCUT2D eigenvalue weighted by molar-refractivity contribution is 7.89. The number of nitrogens with one attached hydrogen (secondary N) is 1. The molecule has 0 aromatic heterocycles. The van der Waals surface area contributed by atoms with E-state index >= 15 is 0 Å². The van der Waals surface area contributed by atoms with Gasteiger partial charge in [0.15, 0.2) is 0 Å². The van der Waals surface area contributed by atoms with E-state index in [-0.39, 0.29) is 11.4 Å². The number of halogens is 1. The number of benzene rings is 2. The van der Waals surface area contributed by atoms with Crippen LogP contribution in [-0.4, -0.2) is 8.42 Å². The molecule has 0 saturated carbocycles. The molecule has 0 aliphatic carbocycles. The molecule has 19 heavy (non-hydrogen) atoms. The van der Waals surface area contributed by atoms with Crippen LogP contribution in [0.15, 0.2) is 47.4 Å². The largest absolute Gasteiger partial charge is 0.399 e. The highest BCUT2D eigenvalue weighted by atomic mass is 35.5. The van der Waals surface area contributed by atoms with E-state index in [1.165, 1.54) is 18.2 Å². The molecule has 2 aromatic carbocycles. The zero-order valence-corrected chi connectivity index (χ0v) is 11.5. The van der Waals surface area contributed by atoms with Gasteiger partial charge in [0.25, 0.3) is 0 Å². The van der Waals surface area contributed by atoms with Crippen LogP contribution in [0.1, 0.15) is 5.56 Å². The first-order valence-corrected chi connectivity index (χ1v) is 7.35. The first kappa shape index (κ1) is 13.9. The van der Waals surface area contributed by atoms with E-state index in [0.717, 1.165) is 0 Å². The molecule has 0 aliphatic rings. The Hall–Kier alpha value is -1.56. The Kier molecular flexibility index (Phi) is 4.09. The second-order valence-electron chi connectivity index (χ2n) is 3.92. The summed E-state index contributed by atoms with van der Waals surface area (Å²) in [5.74, 6) is 0. The van der Waals surface area contributed by atoms with Crippen molar-refractivity contribution >= 4 is 27.3 Å². The maximum atomic E-state index is 12.0. The zero-order chi connectivity index (χ0) is 13.9. The summed E-state index contributed by atoms with van der Waals surface area (Å²) >= 11 is 5.96. The lowest BCUT2D eigenvalue weighted by Crippen LogP contribution is -2.23. The van der Waals surface area contributed by atoms with E-state index in [1.807, 2.05) is 0 Å². The monoisotopic (exact) mass is 295 g/mol. The molecular formula is C13H12ClN2O2S. The van der Waals surface area contributed by atoms with Crippen LogP contribution in [0.25, 0.3) is 0 Å². The van der Waals surface area contributed by atoms with Crippen molar-refractivity contribution in [1.82, 2.24) is 4.72 Å². The molecule has 0 amide bonds. The summed E-state index contributed by atoms with van der Waals surface area (Å²) in [5.41, 5.74) is 6.60. The molecule has 6 heteroatoms. The van der Waals surface area contributed by atoms with Crippen LogP contribution in [-0.2, 0) is 16.6 Å². The molecule has 0 fully saturated rings. The van der Waals surface area contributed by atoms with Crippen LogP contribution in [0, 0.1) is 6.07 Å². The molecule has 99 valence electrons. The number of hydrogen-bond donors (Lipinski definition) is 2. The van der Waals surface area contributed by atoms with Gasteiger partial charge in [-0.1, -0.05) is 29.8 Å². The number of anilines is 1. The Bertz CT molecular complexity index is 687. The van der Waals surface area contributed by atoms with Crippen molar-refractivity contribution in [2.45, 2.75) is 11.4 Å². The minimum Gasteiger partial charge on any atom is -0.399 e. The molecule has 4 nitrogen and oxygen atoms in total. The summed E-state index contributed by atoms with van der Waals surface area (Å²) < 4.78 is 26.6. The third-order valence-corrected chi connectivity index (χ3v) is 4.25. The second-order valence-corrected chi connectivity index (χ2v) is 6.09. The quantitative estimate of drug-likeness (QED) is 0.849. The van der Waals surface area contributed by atoms with Gasteiger partial charge >= 0.3 is 0 Å². The van der Waals surface area contributed by atoms with Gasteiger partial charge in [-0.2, -0.15) is 0 Å². The fourth-order valence-corrected chi connectivity index (χ4v) is 2.75. The normalized spacial score (nSPS) is 11.4. The van der Waals surface area contributed by atoms with Crippen LogP contribution >= 0.6 is 11.6 Å². The van der Waals surface area contributed by atoms with Gasteiger partial charge in [0.05, 0.1) is 4.90 Å². The Labute approximate surface area is 117 Å². The summed E-state index contributed by atoms with van der Waals surface area (Å²) in [7, 11) is -3.62. The molecule has 0 atom stereocenters. The molecule has 1 radical (unpaired) electrons. The number of nitrogen functional groups attached to an aromatic ring is 1. The SMILES string of the molecule is Nc1c[c]cc(S(=O)(=O)NCc2ccccc2Cl)c1. The molecule has 0 saturated heterocycles. The maximum Gasteiger partial charge on any atom is 0.240 e. The average Bonchev–Trinajstić information content (AvgIpc) is 2.38. The molecule has 0 spiro atoms. The first-order valence-electron chi connectivity index (χ1n) is 5.49. The lowest BCUT2D eigenvalue weighted by atomic mass is 10.2. The number of nitrogens with two attached hydrogens (primary N) is 1. The summed E-state index contributed by atoms with van der Waals surface area (Å²) in [5, 5.41) is 0.518. The molecular weight excluding hydrogens is 284 g/mol. The Morgan fingerprint density at radius 2 is 2.00 bits per heavy atom.